The summed E-state index contributed by atoms with van der Waals surface area (Å²) in [6, 6.07) is 5.06. The number of ether oxygens (including phenoxy) is 1. The first-order valence-corrected chi connectivity index (χ1v) is 6.94. The highest BCUT2D eigenvalue weighted by Gasteiger charge is 2.30. The van der Waals surface area contributed by atoms with E-state index in [0.29, 0.717) is 23.0 Å². The summed E-state index contributed by atoms with van der Waals surface area (Å²) < 4.78 is 5.16. The number of amides is 1. The van der Waals surface area contributed by atoms with Gasteiger partial charge in [-0.25, -0.2) is 4.79 Å². The van der Waals surface area contributed by atoms with Crippen molar-refractivity contribution in [2.75, 3.05) is 25.5 Å². The minimum Gasteiger partial charge on any atom is -0.495 e. The van der Waals surface area contributed by atoms with E-state index in [4.69, 9.17) is 21.4 Å². The number of carbonyl (C=O) groups excluding carboxylic acids is 1. The summed E-state index contributed by atoms with van der Waals surface area (Å²) >= 11 is 5.89. The van der Waals surface area contributed by atoms with Crippen molar-refractivity contribution >= 4 is 29.2 Å². The van der Waals surface area contributed by atoms with Gasteiger partial charge in [-0.1, -0.05) is 11.6 Å². The van der Waals surface area contributed by atoms with Gasteiger partial charge in [-0.2, -0.15) is 0 Å². The molecule has 1 aromatic carbocycles. The average Bonchev–Trinajstić information content (AvgIpc) is 2.45. The van der Waals surface area contributed by atoms with Gasteiger partial charge in [-0.05, 0) is 25.1 Å². The van der Waals surface area contributed by atoms with Gasteiger partial charge in [0.25, 0.3) is 0 Å². The van der Waals surface area contributed by atoms with Crippen LogP contribution in [0.2, 0.25) is 5.02 Å². The predicted octanol–water partition coefficient (Wildman–Crippen LogP) is 1.10. The number of anilines is 1. The number of benzene rings is 1. The van der Waals surface area contributed by atoms with E-state index < -0.39 is 11.6 Å². The molecule has 7 nitrogen and oxygen atoms in total. The molecule has 0 aromatic heterocycles. The van der Waals surface area contributed by atoms with Crippen LogP contribution in [0.25, 0.3) is 0 Å². The number of aliphatic hydroxyl groups is 1. The van der Waals surface area contributed by atoms with Crippen molar-refractivity contribution in [1.29, 1.82) is 0 Å². The van der Waals surface area contributed by atoms with E-state index >= 15 is 0 Å². The first-order chi connectivity index (χ1) is 10.3. The molecule has 0 aliphatic carbocycles. The number of rotatable bonds is 8. The average molecular weight is 331 g/mol. The number of hydrogen-bond donors (Lipinski definition) is 4. The molecule has 0 saturated heterocycles. The molecule has 0 fully saturated rings. The number of carboxylic acids is 1. The van der Waals surface area contributed by atoms with Crippen molar-refractivity contribution in [1.82, 2.24) is 5.32 Å². The Morgan fingerprint density at radius 1 is 1.41 bits per heavy atom. The zero-order valence-electron chi connectivity index (χ0n) is 12.4. The number of nitrogens with one attached hydrogen (secondary N) is 2. The molecule has 0 saturated carbocycles. The number of methoxy groups -OCH3 is 1. The van der Waals surface area contributed by atoms with E-state index in [0.717, 1.165) is 6.92 Å². The van der Waals surface area contributed by atoms with Gasteiger partial charge >= 0.3 is 5.97 Å². The largest absolute Gasteiger partial charge is 0.495 e. The molecule has 0 aliphatic heterocycles. The van der Waals surface area contributed by atoms with Gasteiger partial charge in [0, 0.05) is 18.0 Å². The lowest BCUT2D eigenvalue weighted by Gasteiger charge is -2.18. The number of aliphatic carboxylic acids is 1. The molecule has 1 amide bonds. The van der Waals surface area contributed by atoms with Crippen molar-refractivity contribution < 1.29 is 24.5 Å². The molecule has 0 heterocycles. The van der Waals surface area contributed by atoms with Crippen LogP contribution in [0.4, 0.5) is 5.69 Å². The molecule has 1 aromatic rings. The third-order valence-electron chi connectivity index (χ3n) is 2.92. The standard InChI is InChI=1S/C14H19ClN2O5/c1-14(21,13(19)20)8-17-12(18)5-6-16-10-7-9(15)3-4-11(10)22-2/h3-4,7,16,21H,5-6,8H2,1-2H3,(H,17,18)(H,19,20). The second-order valence-corrected chi connectivity index (χ2v) is 5.31. The first kappa shape index (κ1) is 18.1. The maximum Gasteiger partial charge on any atom is 0.337 e. The minimum absolute atomic E-state index is 0.103. The van der Waals surface area contributed by atoms with Crippen LogP contribution in [0.1, 0.15) is 13.3 Å². The fraction of sp³-hybridized carbons (Fsp3) is 0.429. The normalized spacial score (nSPS) is 13.1. The van der Waals surface area contributed by atoms with Crippen LogP contribution in [0.5, 0.6) is 5.75 Å². The number of hydrogen-bond acceptors (Lipinski definition) is 5. The second-order valence-electron chi connectivity index (χ2n) is 4.88. The van der Waals surface area contributed by atoms with Crippen LogP contribution in [0, 0.1) is 0 Å². The Morgan fingerprint density at radius 3 is 2.68 bits per heavy atom. The SMILES string of the molecule is COc1ccc(Cl)cc1NCCC(=O)NCC(C)(O)C(=O)O. The van der Waals surface area contributed by atoms with Gasteiger partial charge in [0.2, 0.25) is 5.91 Å². The van der Waals surface area contributed by atoms with Gasteiger partial charge in [0.1, 0.15) is 5.75 Å². The van der Waals surface area contributed by atoms with Gasteiger partial charge in [0.05, 0.1) is 19.3 Å². The summed E-state index contributed by atoms with van der Waals surface area (Å²) in [4.78, 5) is 22.3. The Labute approximate surface area is 133 Å². The van der Waals surface area contributed by atoms with Gasteiger partial charge in [-0.15, -0.1) is 0 Å². The lowest BCUT2D eigenvalue weighted by Crippen LogP contribution is -2.46. The quantitative estimate of drug-likeness (QED) is 0.568. The summed E-state index contributed by atoms with van der Waals surface area (Å²) in [5, 5.41) is 24.1. The second kappa shape index (κ2) is 7.86. The molecule has 0 bridgehead atoms. The molecular weight excluding hydrogens is 312 g/mol. The van der Waals surface area contributed by atoms with Crippen molar-refractivity contribution in [3.63, 3.8) is 0 Å². The van der Waals surface area contributed by atoms with E-state index in [1.807, 2.05) is 0 Å². The van der Waals surface area contributed by atoms with Crippen LogP contribution in [-0.4, -0.2) is 47.9 Å². The molecule has 1 atom stereocenters. The van der Waals surface area contributed by atoms with Crippen LogP contribution in [0.3, 0.4) is 0 Å². The van der Waals surface area contributed by atoms with E-state index in [1.54, 1.807) is 18.2 Å². The third kappa shape index (κ3) is 5.42. The van der Waals surface area contributed by atoms with Crippen LogP contribution in [0.15, 0.2) is 18.2 Å². The molecule has 0 aliphatic rings. The molecule has 22 heavy (non-hydrogen) atoms. The lowest BCUT2D eigenvalue weighted by atomic mass is 10.1. The number of halogens is 1. The highest BCUT2D eigenvalue weighted by atomic mass is 35.5. The number of carbonyl (C=O) groups is 2. The first-order valence-electron chi connectivity index (χ1n) is 6.56. The Bertz CT molecular complexity index is 548. The maximum atomic E-state index is 11.6. The highest BCUT2D eigenvalue weighted by Crippen LogP contribution is 2.27. The monoisotopic (exact) mass is 330 g/mol. The molecule has 0 radical (unpaired) electrons. The smallest absolute Gasteiger partial charge is 0.337 e. The highest BCUT2D eigenvalue weighted by molar-refractivity contribution is 6.30. The molecule has 1 unspecified atom stereocenters. The summed E-state index contributed by atoms with van der Waals surface area (Å²) in [5.74, 6) is -1.18. The fourth-order valence-corrected chi connectivity index (χ4v) is 1.74. The van der Waals surface area contributed by atoms with Crippen molar-refractivity contribution in [3.05, 3.63) is 23.2 Å². The Kier molecular flexibility index (Phi) is 6.45. The van der Waals surface area contributed by atoms with Gasteiger partial charge in [0.15, 0.2) is 5.60 Å². The molecule has 122 valence electrons. The predicted molar refractivity (Wildman–Crippen MR) is 82.4 cm³/mol. The van der Waals surface area contributed by atoms with E-state index in [1.165, 1.54) is 7.11 Å². The summed E-state index contributed by atoms with van der Waals surface area (Å²) in [6.07, 6.45) is 0.103. The van der Waals surface area contributed by atoms with Gasteiger partial charge in [-0.3, -0.25) is 4.79 Å². The van der Waals surface area contributed by atoms with Crippen molar-refractivity contribution in [2.24, 2.45) is 0 Å². The Morgan fingerprint density at radius 2 is 2.09 bits per heavy atom. The van der Waals surface area contributed by atoms with Crippen LogP contribution >= 0.6 is 11.6 Å². The van der Waals surface area contributed by atoms with E-state index in [2.05, 4.69) is 10.6 Å². The molecular formula is C14H19ClN2O5. The molecule has 8 heteroatoms. The zero-order chi connectivity index (χ0) is 16.8. The maximum absolute atomic E-state index is 11.6. The van der Waals surface area contributed by atoms with Crippen molar-refractivity contribution in [2.45, 2.75) is 18.9 Å². The summed E-state index contributed by atoms with van der Waals surface area (Å²) in [7, 11) is 1.52. The van der Waals surface area contributed by atoms with Gasteiger partial charge < -0.3 is 25.6 Å². The molecule has 0 spiro atoms. The van der Waals surface area contributed by atoms with Crippen LogP contribution < -0.4 is 15.4 Å². The Balaban J connectivity index is 2.43. The Hall–Kier alpha value is -1.99. The topological polar surface area (TPSA) is 108 Å². The minimum atomic E-state index is -1.99. The van der Waals surface area contributed by atoms with Crippen LogP contribution in [-0.2, 0) is 9.59 Å². The molecule has 1 rings (SSSR count). The summed E-state index contributed by atoms with van der Waals surface area (Å²) in [6.45, 7) is 1.06. The molecule has 4 N–H and O–H groups in total. The van der Waals surface area contributed by atoms with E-state index in [-0.39, 0.29) is 18.9 Å². The van der Waals surface area contributed by atoms with E-state index in [9.17, 15) is 14.7 Å². The fourth-order valence-electron chi connectivity index (χ4n) is 1.56. The lowest BCUT2D eigenvalue weighted by molar-refractivity contribution is -0.156. The zero-order valence-corrected chi connectivity index (χ0v) is 13.1. The van der Waals surface area contributed by atoms with Crippen molar-refractivity contribution in [3.8, 4) is 5.75 Å². The third-order valence-corrected chi connectivity index (χ3v) is 3.15. The summed E-state index contributed by atoms with van der Waals surface area (Å²) in [5.41, 5.74) is -1.33. The number of carboxylic acid groups (broad SMARTS) is 1.